The number of thioether (sulfide) groups is 1. The fourth-order valence-electron chi connectivity index (χ4n) is 1.88. The average Bonchev–Trinajstić information content (AvgIpc) is 2.43. The maximum atomic E-state index is 10.1. The van der Waals surface area contributed by atoms with E-state index in [2.05, 4.69) is 44.5 Å². The monoisotopic (exact) mass is 281 g/mol. The molecule has 3 heteroatoms. The summed E-state index contributed by atoms with van der Waals surface area (Å²) in [5.74, 6) is 0.539. The van der Waals surface area contributed by atoms with Crippen molar-refractivity contribution >= 4 is 11.8 Å². The summed E-state index contributed by atoms with van der Waals surface area (Å²) in [6.07, 6.45) is 2.86. The fraction of sp³-hybridized carbons (Fsp3) is 0.625. The van der Waals surface area contributed by atoms with Crippen molar-refractivity contribution in [3.63, 3.8) is 0 Å². The number of nitrogens with one attached hydrogen (secondary N) is 1. The van der Waals surface area contributed by atoms with E-state index in [0.29, 0.717) is 17.7 Å². The van der Waals surface area contributed by atoms with Crippen molar-refractivity contribution in [2.75, 3.05) is 19.3 Å². The van der Waals surface area contributed by atoms with Crippen LogP contribution >= 0.6 is 11.8 Å². The van der Waals surface area contributed by atoms with E-state index >= 15 is 0 Å². The van der Waals surface area contributed by atoms with Gasteiger partial charge in [-0.15, -0.1) is 0 Å². The Bertz CT molecular complexity index is 350. The third kappa shape index (κ3) is 5.98. The van der Waals surface area contributed by atoms with Gasteiger partial charge in [-0.2, -0.15) is 11.8 Å². The molecule has 19 heavy (non-hydrogen) atoms. The second-order valence-corrected chi connectivity index (χ2v) is 6.65. The van der Waals surface area contributed by atoms with E-state index in [0.717, 1.165) is 18.5 Å². The largest absolute Gasteiger partial charge is 0.387 e. The lowest BCUT2D eigenvalue weighted by molar-refractivity contribution is 0.175. The third-order valence-electron chi connectivity index (χ3n) is 3.46. The highest BCUT2D eigenvalue weighted by Gasteiger charge is 2.08. The Balaban J connectivity index is 2.34. The van der Waals surface area contributed by atoms with Crippen molar-refractivity contribution in [2.24, 2.45) is 0 Å². The zero-order valence-corrected chi connectivity index (χ0v) is 13.3. The molecule has 2 nitrogen and oxygen atoms in total. The minimum absolute atomic E-state index is 0.411. The molecule has 1 rings (SSSR count). The third-order valence-corrected chi connectivity index (χ3v) is 4.50. The molecular weight excluding hydrogens is 254 g/mol. The molecule has 1 aromatic carbocycles. The zero-order valence-electron chi connectivity index (χ0n) is 12.5. The van der Waals surface area contributed by atoms with Crippen molar-refractivity contribution in [1.82, 2.24) is 5.32 Å². The standard InChI is InChI=1S/C16H27NOS/c1-12(2)14-5-7-15(8-6-14)16(18)11-17-10-9-13(3)19-4/h5-8,12-13,16-18H,9-11H2,1-4H3. The summed E-state index contributed by atoms with van der Waals surface area (Å²) in [4.78, 5) is 0. The van der Waals surface area contributed by atoms with Crippen LogP contribution in [0.4, 0.5) is 0 Å². The van der Waals surface area contributed by atoms with Gasteiger partial charge in [0.1, 0.15) is 0 Å². The van der Waals surface area contributed by atoms with Crippen molar-refractivity contribution in [3.05, 3.63) is 35.4 Å². The highest BCUT2D eigenvalue weighted by molar-refractivity contribution is 7.99. The molecule has 2 N–H and O–H groups in total. The lowest BCUT2D eigenvalue weighted by Crippen LogP contribution is -2.24. The van der Waals surface area contributed by atoms with Gasteiger partial charge in [0.25, 0.3) is 0 Å². The van der Waals surface area contributed by atoms with E-state index < -0.39 is 6.10 Å². The van der Waals surface area contributed by atoms with E-state index in [4.69, 9.17) is 0 Å². The summed E-state index contributed by atoms with van der Waals surface area (Å²) in [5, 5.41) is 14.1. The lowest BCUT2D eigenvalue weighted by Gasteiger charge is -2.14. The SMILES string of the molecule is CSC(C)CCNCC(O)c1ccc(C(C)C)cc1. The molecule has 0 saturated carbocycles. The van der Waals surface area contributed by atoms with Gasteiger partial charge in [0.2, 0.25) is 0 Å². The lowest BCUT2D eigenvalue weighted by atomic mass is 10.00. The number of benzene rings is 1. The van der Waals surface area contributed by atoms with Crippen LogP contribution in [0.5, 0.6) is 0 Å². The average molecular weight is 281 g/mol. The molecule has 0 saturated heterocycles. The fourth-order valence-corrected chi connectivity index (χ4v) is 2.24. The molecule has 2 unspecified atom stereocenters. The minimum Gasteiger partial charge on any atom is -0.387 e. The number of hydrogen-bond donors (Lipinski definition) is 2. The molecule has 0 heterocycles. The van der Waals surface area contributed by atoms with Gasteiger partial charge in [-0.3, -0.25) is 0 Å². The maximum Gasteiger partial charge on any atom is 0.0914 e. The quantitative estimate of drug-likeness (QED) is 0.714. The topological polar surface area (TPSA) is 32.3 Å². The van der Waals surface area contributed by atoms with Crippen molar-refractivity contribution in [3.8, 4) is 0 Å². The van der Waals surface area contributed by atoms with Crippen molar-refractivity contribution in [2.45, 2.75) is 44.5 Å². The van der Waals surface area contributed by atoms with Crippen molar-refractivity contribution in [1.29, 1.82) is 0 Å². The van der Waals surface area contributed by atoms with Crippen LogP contribution in [0.15, 0.2) is 24.3 Å². The van der Waals surface area contributed by atoms with E-state index in [1.807, 2.05) is 23.9 Å². The normalized spacial score (nSPS) is 14.6. The zero-order chi connectivity index (χ0) is 14.3. The van der Waals surface area contributed by atoms with Gasteiger partial charge in [0.05, 0.1) is 6.10 Å². The number of aliphatic hydroxyl groups excluding tert-OH is 1. The maximum absolute atomic E-state index is 10.1. The Hall–Kier alpha value is -0.510. The predicted molar refractivity (Wildman–Crippen MR) is 86.0 cm³/mol. The molecule has 0 aliphatic heterocycles. The van der Waals surface area contributed by atoms with Gasteiger partial charge in [-0.25, -0.2) is 0 Å². The molecule has 0 spiro atoms. The molecule has 1 aromatic rings. The van der Waals surface area contributed by atoms with Gasteiger partial charge < -0.3 is 10.4 Å². The van der Waals surface area contributed by atoms with Gasteiger partial charge in [-0.05, 0) is 36.3 Å². The molecule has 0 aliphatic rings. The molecule has 2 atom stereocenters. The molecule has 0 radical (unpaired) electrons. The van der Waals surface area contributed by atoms with Crippen LogP contribution in [0.1, 0.15) is 50.3 Å². The summed E-state index contributed by atoms with van der Waals surface area (Å²) in [6, 6.07) is 8.29. The molecule has 0 fully saturated rings. The predicted octanol–water partition coefficient (Wildman–Crippen LogP) is 3.57. The van der Waals surface area contributed by atoms with E-state index in [-0.39, 0.29) is 0 Å². The first-order chi connectivity index (χ1) is 9.04. The molecule has 108 valence electrons. The highest BCUT2D eigenvalue weighted by Crippen LogP contribution is 2.18. The summed E-state index contributed by atoms with van der Waals surface area (Å²) in [6.45, 7) is 8.18. The highest BCUT2D eigenvalue weighted by atomic mass is 32.2. The first-order valence-electron chi connectivity index (χ1n) is 7.06. The molecule has 0 aliphatic carbocycles. The number of aliphatic hydroxyl groups is 1. The first-order valence-corrected chi connectivity index (χ1v) is 8.34. The minimum atomic E-state index is -0.411. The molecular formula is C16H27NOS. The van der Waals surface area contributed by atoms with E-state index in [1.165, 1.54) is 5.56 Å². The van der Waals surface area contributed by atoms with Crippen molar-refractivity contribution < 1.29 is 5.11 Å². The van der Waals surface area contributed by atoms with Crippen LogP contribution < -0.4 is 5.32 Å². The van der Waals surface area contributed by atoms with Gasteiger partial charge in [0, 0.05) is 11.8 Å². The summed E-state index contributed by atoms with van der Waals surface area (Å²) in [7, 11) is 0. The van der Waals surface area contributed by atoms with Crippen LogP contribution in [-0.2, 0) is 0 Å². The Morgan fingerprint density at radius 3 is 2.21 bits per heavy atom. The Labute approximate surface area is 122 Å². The van der Waals surface area contributed by atoms with Crippen LogP contribution in [-0.4, -0.2) is 29.7 Å². The Kier molecular flexibility index (Phi) is 7.51. The van der Waals surface area contributed by atoms with E-state index in [1.54, 1.807) is 0 Å². The second kappa shape index (κ2) is 8.62. The number of rotatable bonds is 8. The van der Waals surface area contributed by atoms with Gasteiger partial charge in [-0.1, -0.05) is 45.0 Å². The van der Waals surface area contributed by atoms with Gasteiger partial charge in [0.15, 0.2) is 0 Å². The Morgan fingerprint density at radius 2 is 1.68 bits per heavy atom. The smallest absolute Gasteiger partial charge is 0.0914 e. The molecule has 0 bridgehead atoms. The summed E-state index contributed by atoms with van der Waals surface area (Å²) in [5.41, 5.74) is 2.31. The van der Waals surface area contributed by atoms with E-state index in [9.17, 15) is 5.11 Å². The van der Waals surface area contributed by atoms with Crippen LogP contribution in [0.3, 0.4) is 0 Å². The summed E-state index contributed by atoms with van der Waals surface area (Å²) < 4.78 is 0. The van der Waals surface area contributed by atoms with Crippen LogP contribution in [0, 0.1) is 0 Å². The van der Waals surface area contributed by atoms with Crippen LogP contribution in [0.25, 0.3) is 0 Å². The first kappa shape index (κ1) is 16.5. The molecule has 0 aromatic heterocycles. The summed E-state index contributed by atoms with van der Waals surface area (Å²) >= 11 is 1.88. The van der Waals surface area contributed by atoms with Gasteiger partial charge >= 0.3 is 0 Å². The Morgan fingerprint density at radius 1 is 1.11 bits per heavy atom. The second-order valence-electron chi connectivity index (χ2n) is 5.38. The molecule has 0 amide bonds. The van der Waals surface area contributed by atoms with Crippen LogP contribution in [0.2, 0.25) is 0 Å². The number of hydrogen-bond acceptors (Lipinski definition) is 3.